The Labute approximate surface area is 114 Å². The van der Waals surface area contributed by atoms with E-state index in [2.05, 4.69) is 43.1 Å². The van der Waals surface area contributed by atoms with Gasteiger partial charge in [0.1, 0.15) is 17.3 Å². The predicted octanol–water partition coefficient (Wildman–Crippen LogP) is 1.88. The summed E-state index contributed by atoms with van der Waals surface area (Å²) in [5, 5.41) is 7.92. The maximum Gasteiger partial charge on any atom is 0.157 e. The second kappa shape index (κ2) is 5.01. The molecule has 0 fully saturated rings. The molecule has 6 nitrogen and oxygen atoms in total. The molecule has 0 aliphatic carbocycles. The van der Waals surface area contributed by atoms with Gasteiger partial charge in [-0.1, -0.05) is 12.1 Å². The first-order chi connectivity index (χ1) is 8.54. The molecule has 0 radical (unpaired) electrons. The van der Waals surface area contributed by atoms with Gasteiger partial charge in [-0.2, -0.15) is 0 Å². The summed E-state index contributed by atoms with van der Waals surface area (Å²) in [5.41, 5.74) is 8.39. The van der Waals surface area contributed by atoms with Crippen LogP contribution in [0.15, 0.2) is 4.60 Å². The second-order valence-electron chi connectivity index (χ2n) is 4.10. The summed E-state index contributed by atoms with van der Waals surface area (Å²) in [7, 11) is 1.82. The van der Waals surface area contributed by atoms with Gasteiger partial charge in [-0.25, -0.2) is 14.6 Å². The van der Waals surface area contributed by atoms with Gasteiger partial charge in [-0.3, -0.25) is 0 Å². The summed E-state index contributed by atoms with van der Waals surface area (Å²) in [4.78, 5) is 8.86. The molecule has 0 atom stereocenters. The Morgan fingerprint density at radius 1 is 1.33 bits per heavy atom. The van der Waals surface area contributed by atoms with Gasteiger partial charge in [0, 0.05) is 19.0 Å². The van der Waals surface area contributed by atoms with Crippen molar-refractivity contribution in [1.29, 1.82) is 0 Å². The standard InChI is InChI=1S/C11H15BrN6/c1-4-5-7-14-8(6(2)11(13)15-7)9-10(12)16-17-18(9)3/h4-5H2,1-3H3,(H2,13,14,15). The number of nitrogens with zero attached hydrogens (tertiary/aromatic N) is 5. The number of hydrogen-bond donors (Lipinski definition) is 1. The number of rotatable bonds is 3. The van der Waals surface area contributed by atoms with E-state index in [1.54, 1.807) is 4.68 Å². The molecule has 2 aromatic heterocycles. The van der Waals surface area contributed by atoms with Crippen LogP contribution in [0, 0.1) is 6.92 Å². The largest absolute Gasteiger partial charge is 0.383 e. The van der Waals surface area contributed by atoms with Crippen molar-refractivity contribution in [3.8, 4) is 11.4 Å². The van der Waals surface area contributed by atoms with E-state index >= 15 is 0 Å². The highest BCUT2D eigenvalue weighted by Crippen LogP contribution is 2.28. The molecule has 2 heterocycles. The summed E-state index contributed by atoms with van der Waals surface area (Å²) in [5.74, 6) is 1.26. The highest BCUT2D eigenvalue weighted by atomic mass is 79.9. The smallest absolute Gasteiger partial charge is 0.157 e. The van der Waals surface area contributed by atoms with Gasteiger partial charge in [-0.15, -0.1) is 5.10 Å². The first-order valence-electron chi connectivity index (χ1n) is 5.73. The summed E-state index contributed by atoms with van der Waals surface area (Å²) in [6.07, 6.45) is 1.78. The first-order valence-corrected chi connectivity index (χ1v) is 6.52. The van der Waals surface area contributed by atoms with E-state index < -0.39 is 0 Å². The van der Waals surface area contributed by atoms with Crippen molar-refractivity contribution in [3.05, 3.63) is 16.0 Å². The molecule has 7 heteroatoms. The maximum absolute atomic E-state index is 5.94. The van der Waals surface area contributed by atoms with Crippen LogP contribution in [0.3, 0.4) is 0 Å². The predicted molar refractivity (Wildman–Crippen MR) is 72.9 cm³/mol. The molecule has 0 aliphatic rings. The minimum absolute atomic E-state index is 0.511. The molecule has 0 unspecified atom stereocenters. The second-order valence-corrected chi connectivity index (χ2v) is 4.85. The number of aryl methyl sites for hydroxylation is 2. The van der Waals surface area contributed by atoms with Crippen LogP contribution < -0.4 is 5.73 Å². The minimum atomic E-state index is 0.511. The molecule has 0 saturated carbocycles. The number of anilines is 1. The van der Waals surface area contributed by atoms with Crippen molar-refractivity contribution in [2.75, 3.05) is 5.73 Å². The Kier molecular flexibility index (Phi) is 3.60. The number of hydrogen-bond acceptors (Lipinski definition) is 5. The third kappa shape index (κ3) is 2.22. The van der Waals surface area contributed by atoms with Gasteiger partial charge in [0.15, 0.2) is 4.60 Å². The van der Waals surface area contributed by atoms with Crippen LogP contribution in [0.1, 0.15) is 24.7 Å². The van der Waals surface area contributed by atoms with Crippen LogP contribution in [0.2, 0.25) is 0 Å². The summed E-state index contributed by atoms with van der Waals surface area (Å²) >= 11 is 3.38. The lowest BCUT2D eigenvalue weighted by Gasteiger charge is -2.09. The Balaban J connectivity index is 2.63. The van der Waals surface area contributed by atoms with Crippen molar-refractivity contribution in [1.82, 2.24) is 25.0 Å². The normalized spacial score (nSPS) is 10.9. The third-order valence-electron chi connectivity index (χ3n) is 2.71. The van der Waals surface area contributed by atoms with Crippen molar-refractivity contribution < 1.29 is 0 Å². The molecular formula is C11H15BrN6. The SMILES string of the molecule is CCCc1nc(N)c(C)c(-c2c(Br)nnn2C)n1. The Bertz CT molecular complexity index is 558. The van der Waals surface area contributed by atoms with E-state index in [0.29, 0.717) is 10.4 Å². The fourth-order valence-electron chi connectivity index (χ4n) is 1.73. The van der Waals surface area contributed by atoms with Gasteiger partial charge in [-0.05, 0) is 29.3 Å². The quantitative estimate of drug-likeness (QED) is 0.936. The topological polar surface area (TPSA) is 82.5 Å². The molecule has 0 saturated heterocycles. The van der Waals surface area contributed by atoms with Gasteiger partial charge >= 0.3 is 0 Å². The molecule has 0 spiro atoms. The average Bonchev–Trinajstić information content (AvgIpc) is 2.64. The van der Waals surface area contributed by atoms with Gasteiger partial charge in [0.2, 0.25) is 0 Å². The summed E-state index contributed by atoms with van der Waals surface area (Å²) in [6, 6.07) is 0. The number of aromatic nitrogens is 5. The van der Waals surface area contributed by atoms with Crippen LogP contribution in [-0.2, 0) is 13.5 Å². The number of nitrogens with two attached hydrogens (primary N) is 1. The molecule has 18 heavy (non-hydrogen) atoms. The van der Waals surface area contributed by atoms with E-state index in [-0.39, 0.29) is 0 Å². The molecular weight excluding hydrogens is 296 g/mol. The van der Waals surface area contributed by atoms with Crippen molar-refractivity contribution in [2.45, 2.75) is 26.7 Å². The zero-order valence-corrected chi connectivity index (χ0v) is 12.2. The van der Waals surface area contributed by atoms with Gasteiger partial charge < -0.3 is 5.73 Å². The summed E-state index contributed by atoms with van der Waals surface area (Å²) in [6.45, 7) is 3.99. The molecule has 0 aliphatic heterocycles. The Hall–Kier alpha value is -1.50. The maximum atomic E-state index is 5.94. The van der Waals surface area contributed by atoms with Crippen molar-refractivity contribution in [2.24, 2.45) is 7.05 Å². The highest BCUT2D eigenvalue weighted by Gasteiger charge is 2.17. The van der Waals surface area contributed by atoms with Crippen LogP contribution in [0.4, 0.5) is 5.82 Å². The number of halogens is 1. The molecule has 0 aromatic carbocycles. The van der Waals surface area contributed by atoms with Crippen LogP contribution >= 0.6 is 15.9 Å². The lowest BCUT2D eigenvalue weighted by atomic mass is 10.1. The van der Waals surface area contributed by atoms with E-state index in [1.807, 2.05) is 14.0 Å². The third-order valence-corrected chi connectivity index (χ3v) is 3.25. The molecule has 96 valence electrons. The fraction of sp³-hybridized carbons (Fsp3) is 0.455. The molecule has 2 aromatic rings. The Morgan fingerprint density at radius 2 is 2.06 bits per heavy atom. The lowest BCUT2D eigenvalue weighted by molar-refractivity contribution is 0.716. The van der Waals surface area contributed by atoms with Crippen molar-refractivity contribution in [3.63, 3.8) is 0 Å². The van der Waals surface area contributed by atoms with E-state index in [9.17, 15) is 0 Å². The van der Waals surface area contributed by atoms with Crippen LogP contribution in [-0.4, -0.2) is 25.0 Å². The highest BCUT2D eigenvalue weighted by molar-refractivity contribution is 9.10. The van der Waals surface area contributed by atoms with Gasteiger partial charge in [0.25, 0.3) is 0 Å². The lowest BCUT2D eigenvalue weighted by Crippen LogP contribution is -2.07. The zero-order chi connectivity index (χ0) is 13.3. The van der Waals surface area contributed by atoms with Gasteiger partial charge in [0.05, 0.1) is 5.69 Å². The van der Waals surface area contributed by atoms with Crippen molar-refractivity contribution >= 4 is 21.7 Å². The van der Waals surface area contributed by atoms with E-state index in [1.165, 1.54) is 0 Å². The molecule has 2 rings (SSSR count). The fourth-order valence-corrected chi connectivity index (χ4v) is 2.25. The van der Waals surface area contributed by atoms with Crippen LogP contribution in [0.5, 0.6) is 0 Å². The average molecular weight is 311 g/mol. The zero-order valence-electron chi connectivity index (χ0n) is 10.6. The van der Waals surface area contributed by atoms with E-state index in [0.717, 1.165) is 35.6 Å². The van der Waals surface area contributed by atoms with Crippen LogP contribution in [0.25, 0.3) is 11.4 Å². The summed E-state index contributed by atoms with van der Waals surface area (Å²) < 4.78 is 2.34. The molecule has 2 N–H and O–H groups in total. The Morgan fingerprint density at radius 3 is 2.61 bits per heavy atom. The molecule has 0 bridgehead atoms. The minimum Gasteiger partial charge on any atom is -0.383 e. The number of nitrogen functional groups attached to an aromatic ring is 1. The molecule has 0 amide bonds. The first kappa shape index (κ1) is 12.9. The monoisotopic (exact) mass is 310 g/mol. The van der Waals surface area contributed by atoms with E-state index in [4.69, 9.17) is 5.73 Å².